The molecule has 2 aromatic heterocycles. The number of thiophene rings is 1. The average Bonchev–Trinajstić information content (AvgIpc) is 2.95. The minimum Gasteiger partial charge on any atom is -0.355 e. The van der Waals surface area contributed by atoms with Crippen LogP contribution in [0.5, 0.6) is 0 Å². The van der Waals surface area contributed by atoms with Gasteiger partial charge >= 0.3 is 0 Å². The minimum atomic E-state index is 0.398. The summed E-state index contributed by atoms with van der Waals surface area (Å²) in [5.74, 6) is 1.33. The van der Waals surface area contributed by atoms with Crippen molar-refractivity contribution in [3.05, 3.63) is 27.7 Å². The highest BCUT2D eigenvalue weighted by Crippen LogP contribution is 2.21. The maximum absolute atomic E-state index is 4.47. The van der Waals surface area contributed by atoms with Gasteiger partial charge in [-0.05, 0) is 23.4 Å². The molecule has 0 atom stereocenters. The third kappa shape index (κ3) is 3.04. The number of nitrogens with one attached hydrogen (secondary N) is 1. The van der Waals surface area contributed by atoms with Crippen molar-refractivity contribution in [2.45, 2.75) is 39.7 Å². The van der Waals surface area contributed by atoms with Crippen LogP contribution >= 0.6 is 22.9 Å². The molecule has 0 spiro atoms. The largest absolute Gasteiger partial charge is 0.355 e. The molecule has 0 saturated carbocycles. The second-order valence-electron chi connectivity index (χ2n) is 4.19. The topological polar surface area (TPSA) is 37.8 Å². The predicted molar refractivity (Wildman–Crippen MR) is 75.0 cm³/mol. The van der Waals surface area contributed by atoms with E-state index in [1.165, 1.54) is 22.0 Å². The van der Waals surface area contributed by atoms with E-state index in [9.17, 15) is 0 Å². The summed E-state index contributed by atoms with van der Waals surface area (Å²) >= 11 is 3.25. The lowest BCUT2D eigenvalue weighted by atomic mass is 10.2. The maximum Gasteiger partial charge on any atom is 0.202 e. The second kappa shape index (κ2) is 5.60. The van der Waals surface area contributed by atoms with Gasteiger partial charge in [0.05, 0.1) is 6.54 Å². The standard InChI is InChI=1S/C12H17N3S2/c1-4-9-5-6-16-10(9)7-13-12-14-11(8(2)3)15-17-12/h5-6,8H,4,7H2,1-3H3,(H,13,14,15). The zero-order valence-corrected chi connectivity index (χ0v) is 12.0. The molecule has 0 unspecified atom stereocenters. The van der Waals surface area contributed by atoms with Crippen molar-refractivity contribution in [1.82, 2.24) is 9.36 Å². The Morgan fingerprint density at radius 1 is 1.41 bits per heavy atom. The van der Waals surface area contributed by atoms with Crippen molar-refractivity contribution >= 4 is 28.0 Å². The molecular weight excluding hydrogens is 250 g/mol. The molecule has 0 saturated heterocycles. The lowest BCUT2D eigenvalue weighted by molar-refractivity contribution is 0.799. The second-order valence-corrected chi connectivity index (χ2v) is 5.94. The van der Waals surface area contributed by atoms with Gasteiger partial charge in [-0.3, -0.25) is 0 Å². The van der Waals surface area contributed by atoms with Crippen LogP contribution in [-0.4, -0.2) is 9.36 Å². The van der Waals surface area contributed by atoms with Crippen molar-refractivity contribution in [1.29, 1.82) is 0 Å². The van der Waals surface area contributed by atoms with Crippen molar-refractivity contribution in [2.24, 2.45) is 0 Å². The molecule has 0 fully saturated rings. The first-order valence-corrected chi connectivity index (χ1v) is 7.48. The smallest absolute Gasteiger partial charge is 0.202 e. The van der Waals surface area contributed by atoms with Gasteiger partial charge in [-0.25, -0.2) is 4.98 Å². The molecule has 0 aromatic carbocycles. The van der Waals surface area contributed by atoms with Crippen LogP contribution in [0.1, 0.15) is 43.0 Å². The molecule has 5 heteroatoms. The maximum atomic E-state index is 4.47. The van der Waals surface area contributed by atoms with E-state index in [-0.39, 0.29) is 0 Å². The van der Waals surface area contributed by atoms with E-state index in [1.807, 2.05) is 0 Å². The van der Waals surface area contributed by atoms with Gasteiger partial charge in [-0.2, -0.15) is 4.37 Å². The summed E-state index contributed by atoms with van der Waals surface area (Å²) in [6, 6.07) is 2.20. The fraction of sp³-hybridized carbons (Fsp3) is 0.500. The highest BCUT2D eigenvalue weighted by molar-refractivity contribution is 7.10. The minimum absolute atomic E-state index is 0.398. The van der Waals surface area contributed by atoms with Crippen LogP contribution in [0.2, 0.25) is 0 Å². The van der Waals surface area contributed by atoms with Gasteiger partial charge in [-0.1, -0.05) is 20.8 Å². The summed E-state index contributed by atoms with van der Waals surface area (Å²) in [5, 5.41) is 6.42. The van der Waals surface area contributed by atoms with E-state index in [0.29, 0.717) is 5.92 Å². The molecule has 0 bridgehead atoms. The Morgan fingerprint density at radius 2 is 2.24 bits per heavy atom. The lowest BCUT2D eigenvalue weighted by Gasteiger charge is -2.02. The summed E-state index contributed by atoms with van der Waals surface area (Å²) in [4.78, 5) is 5.86. The normalized spacial score (nSPS) is 11.1. The molecule has 0 aliphatic heterocycles. The first-order chi connectivity index (χ1) is 8.20. The van der Waals surface area contributed by atoms with Gasteiger partial charge in [-0.15, -0.1) is 11.3 Å². The van der Waals surface area contributed by atoms with Crippen LogP contribution in [0.3, 0.4) is 0 Å². The van der Waals surface area contributed by atoms with Crippen LogP contribution in [0, 0.1) is 0 Å². The monoisotopic (exact) mass is 267 g/mol. The van der Waals surface area contributed by atoms with E-state index < -0.39 is 0 Å². The fourth-order valence-electron chi connectivity index (χ4n) is 1.53. The highest BCUT2D eigenvalue weighted by atomic mass is 32.1. The molecule has 0 aliphatic carbocycles. The summed E-state index contributed by atoms with van der Waals surface area (Å²) < 4.78 is 4.33. The molecule has 2 heterocycles. The average molecular weight is 267 g/mol. The molecular formula is C12H17N3S2. The zero-order chi connectivity index (χ0) is 12.3. The van der Waals surface area contributed by atoms with Gasteiger partial charge < -0.3 is 5.32 Å². The summed E-state index contributed by atoms with van der Waals surface area (Å²) in [6.45, 7) is 7.27. The van der Waals surface area contributed by atoms with E-state index in [2.05, 4.69) is 46.9 Å². The number of nitrogens with zero attached hydrogens (tertiary/aromatic N) is 2. The summed E-state index contributed by atoms with van der Waals surface area (Å²) in [6.07, 6.45) is 1.09. The number of aromatic nitrogens is 2. The Kier molecular flexibility index (Phi) is 4.12. The third-order valence-electron chi connectivity index (χ3n) is 2.58. The van der Waals surface area contributed by atoms with Crippen molar-refractivity contribution in [3.8, 4) is 0 Å². The Labute approximate surface area is 110 Å². The summed E-state index contributed by atoms with van der Waals surface area (Å²) in [7, 11) is 0. The first-order valence-electron chi connectivity index (χ1n) is 5.83. The van der Waals surface area contributed by atoms with Gasteiger partial charge in [0.25, 0.3) is 0 Å². The number of aryl methyl sites for hydroxylation is 1. The Balaban J connectivity index is 1.97. The predicted octanol–water partition coefficient (Wildman–Crippen LogP) is 3.90. The molecule has 1 N–H and O–H groups in total. The molecule has 0 radical (unpaired) electrons. The third-order valence-corrected chi connectivity index (χ3v) is 4.23. The van der Waals surface area contributed by atoms with E-state index in [1.54, 1.807) is 11.3 Å². The van der Waals surface area contributed by atoms with Crippen LogP contribution in [0.4, 0.5) is 5.13 Å². The molecule has 0 aliphatic rings. The molecule has 17 heavy (non-hydrogen) atoms. The van der Waals surface area contributed by atoms with Gasteiger partial charge in [0, 0.05) is 22.3 Å². The van der Waals surface area contributed by atoms with Crippen LogP contribution < -0.4 is 5.32 Å². The van der Waals surface area contributed by atoms with Crippen molar-refractivity contribution in [2.75, 3.05) is 5.32 Å². The van der Waals surface area contributed by atoms with Gasteiger partial charge in [0.1, 0.15) is 5.82 Å². The van der Waals surface area contributed by atoms with Crippen LogP contribution in [-0.2, 0) is 13.0 Å². The lowest BCUT2D eigenvalue weighted by Crippen LogP contribution is -1.99. The Hall–Kier alpha value is -0.940. The number of rotatable bonds is 5. The van der Waals surface area contributed by atoms with Crippen LogP contribution in [0.25, 0.3) is 0 Å². The highest BCUT2D eigenvalue weighted by Gasteiger charge is 2.08. The van der Waals surface area contributed by atoms with Crippen molar-refractivity contribution < 1.29 is 0 Å². The summed E-state index contributed by atoms with van der Waals surface area (Å²) in [5.41, 5.74) is 1.43. The Morgan fingerprint density at radius 3 is 2.88 bits per heavy atom. The van der Waals surface area contributed by atoms with E-state index in [0.717, 1.165) is 23.9 Å². The van der Waals surface area contributed by atoms with Crippen molar-refractivity contribution in [3.63, 3.8) is 0 Å². The van der Waals surface area contributed by atoms with Gasteiger partial charge in [0.15, 0.2) is 0 Å². The van der Waals surface area contributed by atoms with E-state index in [4.69, 9.17) is 0 Å². The molecule has 92 valence electrons. The zero-order valence-electron chi connectivity index (χ0n) is 10.4. The molecule has 3 nitrogen and oxygen atoms in total. The fourth-order valence-corrected chi connectivity index (χ4v) is 3.15. The molecule has 0 amide bonds. The van der Waals surface area contributed by atoms with E-state index >= 15 is 0 Å². The molecule has 2 rings (SSSR count). The molecule has 2 aromatic rings. The Bertz CT molecular complexity index is 474. The quantitative estimate of drug-likeness (QED) is 0.893. The number of anilines is 1. The SMILES string of the molecule is CCc1ccsc1CNc1nc(C(C)C)ns1. The van der Waals surface area contributed by atoms with Gasteiger partial charge in [0.2, 0.25) is 5.13 Å². The number of hydrogen-bond donors (Lipinski definition) is 1. The van der Waals surface area contributed by atoms with Crippen LogP contribution in [0.15, 0.2) is 11.4 Å². The first kappa shape index (κ1) is 12.5. The number of hydrogen-bond acceptors (Lipinski definition) is 5.